The van der Waals surface area contributed by atoms with Crippen molar-refractivity contribution in [3.8, 4) is 0 Å². The van der Waals surface area contributed by atoms with E-state index in [0.29, 0.717) is 24.7 Å². The fourth-order valence-electron chi connectivity index (χ4n) is 2.25. The Labute approximate surface area is 106 Å². The van der Waals surface area contributed by atoms with Crippen LogP contribution in [-0.4, -0.2) is 32.5 Å². The average Bonchev–Trinajstić information content (AvgIpc) is 2.92. The third-order valence-corrected chi connectivity index (χ3v) is 5.10. The van der Waals surface area contributed by atoms with Gasteiger partial charge in [-0.3, -0.25) is 0 Å². The first kappa shape index (κ1) is 11.6. The van der Waals surface area contributed by atoms with E-state index in [-0.39, 0.29) is 0 Å². The summed E-state index contributed by atoms with van der Waals surface area (Å²) in [6, 6.07) is 13.0. The van der Waals surface area contributed by atoms with Gasteiger partial charge in [0.05, 0.1) is 11.6 Å². The van der Waals surface area contributed by atoms with Crippen molar-refractivity contribution in [1.82, 2.24) is 9.62 Å². The van der Waals surface area contributed by atoms with Gasteiger partial charge in [-0.1, -0.05) is 36.4 Å². The molecule has 1 heterocycles. The van der Waals surface area contributed by atoms with Crippen LogP contribution in [0.15, 0.2) is 47.4 Å². The van der Waals surface area contributed by atoms with Crippen molar-refractivity contribution in [1.29, 1.82) is 0 Å². The first-order valence-corrected chi connectivity index (χ1v) is 7.32. The predicted molar refractivity (Wildman–Crippen MR) is 70.7 cm³/mol. The summed E-state index contributed by atoms with van der Waals surface area (Å²) >= 11 is 0. The van der Waals surface area contributed by atoms with E-state index in [2.05, 4.69) is 5.32 Å². The zero-order chi connectivity index (χ0) is 12.6. The van der Waals surface area contributed by atoms with Crippen LogP contribution < -0.4 is 5.32 Å². The van der Waals surface area contributed by atoms with Gasteiger partial charge in [0, 0.05) is 18.5 Å². The van der Waals surface area contributed by atoms with Crippen LogP contribution in [0, 0.1) is 0 Å². The van der Waals surface area contributed by atoms with Crippen LogP contribution in [0.2, 0.25) is 0 Å². The van der Waals surface area contributed by atoms with Crippen molar-refractivity contribution in [2.45, 2.75) is 4.90 Å². The Morgan fingerprint density at radius 3 is 2.61 bits per heavy atom. The highest BCUT2D eigenvalue weighted by molar-refractivity contribution is 7.89. The quantitative estimate of drug-likeness (QED) is 0.890. The van der Waals surface area contributed by atoms with E-state index < -0.39 is 10.0 Å². The molecule has 0 saturated carbocycles. The number of nitrogens with zero attached hydrogens (tertiary/aromatic N) is 1. The minimum atomic E-state index is -3.39. The Bertz CT molecular complexity index is 671. The van der Waals surface area contributed by atoms with Gasteiger partial charge in [-0.25, -0.2) is 8.42 Å². The molecule has 0 aliphatic carbocycles. The maximum atomic E-state index is 12.5. The Balaban J connectivity index is 2.19. The molecular formula is C13H14N2O2S. The fourth-order valence-corrected chi connectivity index (χ4v) is 3.84. The van der Waals surface area contributed by atoms with Crippen LogP contribution in [0.4, 0.5) is 0 Å². The lowest BCUT2D eigenvalue weighted by Crippen LogP contribution is -2.29. The molecule has 94 valence electrons. The summed E-state index contributed by atoms with van der Waals surface area (Å²) in [6.45, 7) is 1.64. The third kappa shape index (κ3) is 1.80. The second-order valence-corrected chi connectivity index (χ2v) is 6.22. The van der Waals surface area contributed by atoms with E-state index in [1.165, 1.54) is 4.31 Å². The van der Waals surface area contributed by atoms with Gasteiger partial charge in [0.25, 0.3) is 0 Å². The molecule has 0 spiro atoms. The molecule has 2 aromatic rings. The minimum absolute atomic E-state index is 0.393. The maximum Gasteiger partial charge on any atom is 0.244 e. The molecule has 0 atom stereocenters. The first-order chi connectivity index (χ1) is 8.69. The SMILES string of the molecule is O=S(=O)(c1cccc2ccccc12)N1CCNC1. The third-order valence-electron chi connectivity index (χ3n) is 3.19. The summed E-state index contributed by atoms with van der Waals surface area (Å²) in [5.74, 6) is 0. The molecule has 4 nitrogen and oxygen atoms in total. The van der Waals surface area contributed by atoms with Crippen molar-refractivity contribution < 1.29 is 8.42 Å². The van der Waals surface area contributed by atoms with Gasteiger partial charge >= 0.3 is 0 Å². The summed E-state index contributed by atoms with van der Waals surface area (Å²) in [4.78, 5) is 0.393. The zero-order valence-electron chi connectivity index (χ0n) is 9.83. The Morgan fingerprint density at radius 1 is 1.06 bits per heavy atom. The minimum Gasteiger partial charge on any atom is -0.302 e. The summed E-state index contributed by atoms with van der Waals surface area (Å²) < 4.78 is 26.5. The summed E-state index contributed by atoms with van der Waals surface area (Å²) in [7, 11) is -3.39. The monoisotopic (exact) mass is 262 g/mol. The number of nitrogens with one attached hydrogen (secondary N) is 1. The molecule has 18 heavy (non-hydrogen) atoms. The van der Waals surface area contributed by atoms with Gasteiger partial charge < -0.3 is 5.32 Å². The summed E-state index contributed by atoms with van der Waals surface area (Å²) in [5, 5.41) is 4.78. The number of rotatable bonds is 2. The van der Waals surface area contributed by atoms with E-state index in [1.807, 2.05) is 30.3 Å². The molecule has 5 heteroatoms. The van der Waals surface area contributed by atoms with Crippen molar-refractivity contribution in [2.75, 3.05) is 19.8 Å². The van der Waals surface area contributed by atoms with Gasteiger partial charge in [0.15, 0.2) is 0 Å². The smallest absolute Gasteiger partial charge is 0.244 e. The van der Waals surface area contributed by atoms with Gasteiger partial charge in [-0.05, 0) is 11.5 Å². The lowest BCUT2D eigenvalue weighted by atomic mass is 10.1. The maximum absolute atomic E-state index is 12.5. The van der Waals surface area contributed by atoms with Crippen molar-refractivity contribution in [3.63, 3.8) is 0 Å². The van der Waals surface area contributed by atoms with E-state index in [4.69, 9.17) is 0 Å². The van der Waals surface area contributed by atoms with Crippen LogP contribution >= 0.6 is 0 Å². The Hall–Kier alpha value is -1.43. The molecular weight excluding hydrogens is 248 g/mol. The highest BCUT2D eigenvalue weighted by atomic mass is 32.2. The topological polar surface area (TPSA) is 49.4 Å². The number of benzene rings is 2. The van der Waals surface area contributed by atoms with Crippen molar-refractivity contribution >= 4 is 20.8 Å². The van der Waals surface area contributed by atoms with Crippen molar-refractivity contribution in [2.24, 2.45) is 0 Å². The Kier molecular flexibility index (Phi) is 2.81. The van der Waals surface area contributed by atoms with E-state index in [9.17, 15) is 8.42 Å². The molecule has 0 aromatic heterocycles. The second kappa shape index (κ2) is 4.35. The van der Waals surface area contributed by atoms with Gasteiger partial charge in [-0.2, -0.15) is 4.31 Å². The van der Waals surface area contributed by atoms with E-state index >= 15 is 0 Å². The fraction of sp³-hybridized carbons (Fsp3) is 0.231. The number of hydrogen-bond acceptors (Lipinski definition) is 3. The van der Waals surface area contributed by atoms with Gasteiger partial charge in [0.1, 0.15) is 0 Å². The van der Waals surface area contributed by atoms with Gasteiger partial charge in [0.2, 0.25) is 10.0 Å². The lowest BCUT2D eigenvalue weighted by molar-refractivity contribution is 0.474. The molecule has 1 fully saturated rings. The van der Waals surface area contributed by atoms with Gasteiger partial charge in [-0.15, -0.1) is 0 Å². The number of fused-ring (bicyclic) bond motifs is 1. The highest BCUT2D eigenvalue weighted by Crippen LogP contribution is 2.25. The Morgan fingerprint density at radius 2 is 1.83 bits per heavy atom. The molecule has 0 bridgehead atoms. The molecule has 0 unspecified atom stereocenters. The van der Waals surface area contributed by atoms with Crippen LogP contribution in [0.3, 0.4) is 0 Å². The molecule has 0 amide bonds. The largest absolute Gasteiger partial charge is 0.302 e. The summed E-state index contributed by atoms with van der Waals surface area (Å²) in [6.07, 6.45) is 0. The molecule has 1 N–H and O–H groups in total. The van der Waals surface area contributed by atoms with Crippen LogP contribution in [0.5, 0.6) is 0 Å². The van der Waals surface area contributed by atoms with E-state index in [0.717, 1.165) is 10.8 Å². The summed E-state index contributed by atoms with van der Waals surface area (Å²) in [5.41, 5.74) is 0. The average molecular weight is 262 g/mol. The second-order valence-electron chi connectivity index (χ2n) is 4.32. The normalized spacial score (nSPS) is 17.3. The van der Waals surface area contributed by atoms with Crippen LogP contribution in [0.25, 0.3) is 10.8 Å². The van der Waals surface area contributed by atoms with Crippen LogP contribution in [0.1, 0.15) is 0 Å². The lowest BCUT2D eigenvalue weighted by Gasteiger charge is -2.16. The van der Waals surface area contributed by atoms with Crippen molar-refractivity contribution in [3.05, 3.63) is 42.5 Å². The highest BCUT2D eigenvalue weighted by Gasteiger charge is 2.28. The zero-order valence-corrected chi connectivity index (χ0v) is 10.7. The first-order valence-electron chi connectivity index (χ1n) is 5.88. The molecule has 3 rings (SSSR count). The molecule has 2 aromatic carbocycles. The van der Waals surface area contributed by atoms with Crippen LogP contribution in [-0.2, 0) is 10.0 Å². The number of hydrogen-bond donors (Lipinski definition) is 1. The number of sulfonamides is 1. The predicted octanol–water partition coefficient (Wildman–Crippen LogP) is 1.39. The molecule has 1 aliphatic heterocycles. The molecule has 0 radical (unpaired) electrons. The molecule has 1 aliphatic rings. The standard InChI is InChI=1S/C13H14N2O2S/c16-18(17,15-9-8-14-10-15)13-7-3-5-11-4-1-2-6-12(11)13/h1-7,14H,8-10H2. The molecule has 1 saturated heterocycles. The van der Waals surface area contributed by atoms with E-state index in [1.54, 1.807) is 12.1 Å².